The lowest BCUT2D eigenvalue weighted by atomic mass is 9.99. The van der Waals surface area contributed by atoms with E-state index in [9.17, 15) is 23.8 Å². The Morgan fingerprint density at radius 1 is 1.00 bits per heavy atom. The molecule has 11 nitrogen and oxygen atoms in total. The number of carbonyl (C=O) groups is 2. The van der Waals surface area contributed by atoms with Crippen molar-refractivity contribution in [2.75, 3.05) is 25.2 Å². The molecule has 12 heteroatoms. The van der Waals surface area contributed by atoms with Crippen molar-refractivity contribution in [3.63, 3.8) is 0 Å². The Morgan fingerprint density at radius 2 is 1.79 bits per heavy atom. The number of amides is 2. The maximum atomic E-state index is 14.0. The van der Waals surface area contributed by atoms with Gasteiger partial charge in [0.2, 0.25) is 0 Å². The molecule has 4 aliphatic rings. The molecule has 4 heterocycles. The number of hydrogen-bond acceptors (Lipinski definition) is 6. The van der Waals surface area contributed by atoms with Crippen molar-refractivity contribution in [1.29, 1.82) is 0 Å². The summed E-state index contributed by atoms with van der Waals surface area (Å²) in [7, 11) is -0.829. The third-order valence-corrected chi connectivity index (χ3v) is 12.8. The number of ether oxygens (including phenoxy) is 1. The SMILES string of the molecule is COc1cc(C(=O)N2C[C@H]3CC[C@@H]2[C@@H]3NC(=O)O)cc2nc(-c3cc4ccccc4n3CC3CC3)n(CCC3CCS(O)(O)CC3)c12. The molecule has 250 valence electrons. The second kappa shape index (κ2) is 11.7. The van der Waals surface area contributed by atoms with Gasteiger partial charge in [-0.3, -0.25) is 13.9 Å². The lowest BCUT2D eigenvalue weighted by Gasteiger charge is -2.39. The minimum absolute atomic E-state index is 0.119. The first-order valence-electron chi connectivity index (χ1n) is 16.9. The minimum Gasteiger partial charge on any atom is -0.494 e. The third kappa shape index (κ3) is 5.63. The molecule has 2 aliphatic carbocycles. The number of carboxylic acid groups (broad SMARTS) is 1. The highest BCUT2D eigenvalue weighted by Gasteiger charge is 2.49. The first-order chi connectivity index (χ1) is 22.7. The molecule has 47 heavy (non-hydrogen) atoms. The van der Waals surface area contributed by atoms with Gasteiger partial charge in [0.15, 0.2) is 5.82 Å². The number of nitrogens with zero attached hydrogens (tertiary/aromatic N) is 4. The van der Waals surface area contributed by atoms with E-state index >= 15 is 0 Å². The topological polar surface area (TPSA) is 142 Å². The number of nitrogens with one attached hydrogen (secondary N) is 1. The van der Waals surface area contributed by atoms with Gasteiger partial charge in [0, 0.05) is 47.6 Å². The van der Waals surface area contributed by atoms with Gasteiger partial charge in [-0.05, 0) is 87.0 Å². The molecule has 3 atom stereocenters. The van der Waals surface area contributed by atoms with E-state index in [0.717, 1.165) is 61.1 Å². The molecule has 2 amide bonds. The van der Waals surface area contributed by atoms with Crippen LogP contribution >= 0.6 is 10.6 Å². The molecule has 2 aliphatic heterocycles. The molecule has 2 aromatic carbocycles. The van der Waals surface area contributed by atoms with E-state index in [-0.39, 0.29) is 23.9 Å². The van der Waals surface area contributed by atoms with Gasteiger partial charge in [-0.2, -0.15) is 10.6 Å². The van der Waals surface area contributed by atoms with Crippen LogP contribution in [0.3, 0.4) is 0 Å². The number of imidazole rings is 1. The van der Waals surface area contributed by atoms with Crippen LogP contribution in [0.2, 0.25) is 0 Å². The average molecular weight is 662 g/mol. The van der Waals surface area contributed by atoms with Gasteiger partial charge >= 0.3 is 6.09 Å². The van der Waals surface area contributed by atoms with Crippen LogP contribution in [0.1, 0.15) is 55.3 Å². The molecule has 2 bridgehead atoms. The van der Waals surface area contributed by atoms with Gasteiger partial charge in [-0.25, -0.2) is 9.78 Å². The number of aromatic nitrogens is 3. The summed E-state index contributed by atoms with van der Waals surface area (Å²) in [4.78, 5) is 32.6. The summed E-state index contributed by atoms with van der Waals surface area (Å²) in [6.07, 6.45) is 5.53. The Labute approximate surface area is 275 Å². The molecule has 0 spiro atoms. The molecule has 2 saturated heterocycles. The smallest absolute Gasteiger partial charge is 0.404 e. The van der Waals surface area contributed by atoms with E-state index in [2.05, 4.69) is 44.8 Å². The number of aryl methyl sites for hydroxylation is 1. The average Bonchev–Trinajstić information content (AvgIpc) is 3.37. The number of piperidine rings is 1. The zero-order valence-corrected chi connectivity index (χ0v) is 27.5. The summed E-state index contributed by atoms with van der Waals surface area (Å²) in [5, 5.41) is 13.2. The van der Waals surface area contributed by atoms with Gasteiger partial charge < -0.3 is 29.2 Å². The van der Waals surface area contributed by atoms with Gasteiger partial charge in [0.1, 0.15) is 11.3 Å². The van der Waals surface area contributed by atoms with E-state index in [4.69, 9.17) is 9.72 Å². The Kier molecular flexibility index (Phi) is 7.64. The number of rotatable bonds is 9. The standard InChI is InChI=1S/C35H43N5O6S/c1-46-30-18-25(34(41)40-20-24-8-9-28(40)31(24)37-35(42)43)16-26-32(30)38(13-10-21-11-14-47(44,45)15-12-21)33(36-26)29-17-23-4-2-3-5-27(23)39(29)19-22-6-7-22/h2-5,16-18,21-22,24,28,31,37,44-45H,6-15,19-20H2,1H3,(H,42,43)/t24-,28-,31-/m1/s1. The van der Waals surface area contributed by atoms with Crippen LogP contribution in [0, 0.1) is 17.8 Å². The molecule has 2 saturated carbocycles. The number of hydrogen-bond donors (Lipinski definition) is 4. The zero-order chi connectivity index (χ0) is 32.4. The fourth-order valence-electron chi connectivity index (χ4n) is 8.39. The fraction of sp³-hybridized carbons (Fsp3) is 0.514. The molecule has 0 radical (unpaired) electrons. The number of carbonyl (C=O) groups excluding carboxylic acids is 1. The number of methoxy groups -OCH3 is 1. The van der Waals surface area contributed by atoms with Crippen LogP contribution in [0.25, 0.3) is 33.5 Å². The molecule has 4 fully saturated rings. The Balaban J connectivity index is 1.20. The van der Waals surface area contributed by atoms with Crippen LogP contribution in [-0.4, -0.2) is 82.5 Å². The highest BCUT2D eigenvalue weighted by atomic mass is 32.3. The van der Waals surface area contributed by atoms with Crippen LogP contribution in [0.4, 0.5) is 4.79 Å². The lowest BCUT2D eigenvalue weighted by Crippen LogP contribution is -2.45. The summed E-state index contributed by atoms with van der Waals surface area (Å²) < 4.78 is 31.1. The quantitative estimate of drug-likeness (QED) is 0.160. The number of likely N-dealkylation sites (tertiary alicyclic amines) is 1. The lowest BCUT2D eigenvalue weighted by molar-refractivity contribution is 0.0697. The van der Waals surface area contributed by atoms with Crippen LogP contribution < -0.4 is 10.1 Å². The molecule has 0 unspecified atom stereocenters. The van der Waals surface area contributed by atoms with E-state index in [1.54, 1.807) is 7.11 Å². The van der Waals surface area contributed by atoms with Crippen molar-refractivity contribution in [2.45, 2.75) is 70.1 Å². The first-order valence-corrected chi connectivity index (χ1v) is 18.8. The largest absolute Gasteiger partial charge is 0.494 e. The van der Waals surface area contributed by atoms with Crippen LogP contribution in [0.5, 0.6) is 5.75 Å². The Hall–Kier alpha value is -3.74. The van der Waals surface area contributed by atoms with E-state index < -0.39 is 16.7 Å². The van der Waals surface area contributed by atoms with Gasteiger partial charge in [0.05, 0.1) is 30.4 Å². The molecular weight excluding hydrogens is 618 g/mol. The van der Waals surface area contributed by atoms with E-state index in [1.807, 2.05) is 17.0 Å². The molecule has 8 rings (SSSR count). The molecule has 2 aromatic heterocycles. The third-order valence-electron chi connectivity index (χ3n) is 11.1. The molecular formula is C35H43N5O6S. The predicted molar refractivity (Wildman–Crippen MR) is 182 cm³/mol. The second-order valence-electron chi connectivity index (χ2n) is 14.1. The zero-order valence-electron chi connectivity index (χ0n) is 26.7. The number of benzene rings is 2. The highest BCUT2D eigenvalue weighted by molar-refractivity contribution is 8.24. The maximum Gasteiger partial charge on any atom is 0.404 e. The van der Waals surface area contributed by atoms with Crippen molar-refractivity contribution in [3.8, 4) is 17.3 Å². The van der Waals surface area contributed by atoms with Gasteiger partial charge in [0.25, 0.3) is 5.91 Å². The predicted octanol–water partition coefficient (Wildman–Crippen LogP) is 6.50. The first kappa shape index (κ1) is 30.6. The summed E-state index contributed by atoms with van der Waals surface area (Å²) in [6.45, 7) is 2.14. The summed E-state index contributed by atoms with van der Waals surface area (Å²) in [6, 6.07) is 13.9. The van der Waals surface area contributed by atoms with Crippen molar-refractivity contribution in [3.05, 3.63) is 48.0 Å². The van der Waals surface area contributed by atoms with Gasteiger partial charge in [-0.1, -0.05) is 18.2 Å². The van der Waals surface area contributed by atoms with E-state index in [0.29, 0.717) is 53.3 Å². The van der Waals surface area contributed by atoms with Crippen molar-refractivity contribution in [1.82, 2.24) is 24.3 Å². The van der Waals surface area contributed by atoms with Crippen molar-refractivity contribution < 1.29 is 28.5 Å². The fourth-order valence-corrected chi connectivity index (χ4v) is 10.0. The maximum absolute atomic E-state index is 14.0. The summed E-state index contributed by atoms with van der Waals surface area (Å²) in [5.41, 5.74) is 4.25. The number of para-hydroxylation sites is 1. The second-order valence-corrected chi connectivity index (χ2v) is 16.5. The van der Waals surface area contributed by atoms with Crippen molar-refractivity contribution in [2.24, 2.45) is 17.8 Å². The van der Waals surface area contributed by atoms with E-state index in [1.165, 1.54) is 18.4 Å². The van der Waals surface area contributed by atoms with Crippen LogP contribution in [0.15, 0.2) is 42.5 Å². The minimum atomic E-state index is -2.45. The Bertz CT molecular complexity index is 1850. The van der Waals surface area contributed by atoms with Crippen LogP contribution in [-0.2, 0) is 13.1 Å². The monoisotopic (exact) mass is 661 g/mol. The van der Waals surface area contributed by atoms with Gasteiger partial charge in [-0.15, -0.1) is 0 Å². The Morgan fingerprint density at radius 3 is 2.53 bits per heavy atom. The van der Waals surface area contributed by atoms with Crippen molar-refractivity contribution >= 4 is 44.5 Å². The normalized spacial score (nSPS) is 24.7. The molecule has 4 N–H and O–H groups in total. The highest BCUT2D eigenvalue weighted by Crippen LogP contribution is 2.47. The summed E-state index contributed by atoms with van der Waals surface area (Å²) >= 11 is 0. The molecule has 4 aromatic rings. The number of fused-ring (bicyclic) bond motifs is 4. The summed E-state index contributed by atoms with van der Waals surface area (Å²) in [5.74, 6) is 3.35.